The first-order chi connectivity index (χ1) is 8.44. The minimum atomic E-state index is -0.699. The molecule has 2 rings (SSSR count). The van der Waals surface area contributed by atoms with E-state index >= 15 is 0 Å². The zero-order valence-electron chi connectivity index (χ0n) is 10.9. The summed E-state index contributed by atoms with van der Waals surface area (Å²) in [6.07, 6.45) is 0. The van der Waals surface area contributed by atoms with E-state index in [0.29, 0.717) is 13.1 Å². The molecule has 0 saturated heterocycles. The van der Waals surface area contributed by atoms with Gasteiger partial charge in [0.15, 0.2) is 5.76 Å². The molecule has 0 unspecified atom stereocenters. The van der Waals surface area contributed by atoms with E-state index in [1.807, 2.05) is 35.5 Å². The fourth-order valence-corrected chi connectivity index (χ4v) is 2.59. The van der Waals surface area contributed by atoms with Crippen LogP contribution in [0.25, 0.3) is 10.6 Å². The van der Waals surface area contributed by atoms with Crippen molar-refractivity contribution in [3.05, 3.63) is 29.3 Å². The van der Waals surface area contributed by atoms with Crippen LogP contribution in [0.3, 0.4) is 0 Å². The van der Waals surface area contributed by atoms with Gasteiger partial charge >= 0.3 is 0 Å². The van der Waals surface area contributed by atoms with Crippen molar-refractivity contribution in [2.24, 2.45) is 0 Å². The highest BCUT2D eigenvalue weighted by molar-refractivity contribution is 7.13. The fraction of sp³-hybridized carbons (Fsp3) is 0.462. The number of aromatic nitrogens is 1. The second-order valence-electron chi connectivity index (χ2n) is 5.14. The van der Waals surface area contributed by atoms with Gasteiger partial charge in [0, 0.05) is 19.2 Å². The summed E-state index contributed by atoms with van der Waals surface area (Å²) in [6.45, 7) is 4.85. The Morgan fingerprint density at radius 3 is 2.89 bits per heavy atom. The summed E-state index contributed by atoms with van der Waals surface area (Å²) < 4.78 is 5.31. The first-order valence-electron chi connectivity index (χ1n) is 5.84. The number of nitrogens with zero attached hydrogens (tertiary/aromatic N) is 2. The van der Waals surface area contributed by atoms with Crippen molar-refractivity contribution >= 4 is 11.3 Å². The molecule has 0 bridgehead atoms. The van der Waals surface area contributed by atoms with Gasteiger partial charge in [0.2, 0.25) is 0 Å². The number of hydrogen-bond donors (Lipinski definition) is 1. The summed E-state index contributed by atoms with van der Waals surface area (Å²) in [5.74, 6) is 0.802. The van der Waals surface area contributed by atoms with Crippen molar-refractivity contribution in [1.82, 2.24) is 10.1 Å². The molecule has 4 nitrogen and oxygen atoms in total. The highest BCUT2D eigenvalue weighted by atomic mass is 32.1. The molecule has 0 spiro atoms. The number of likely N-dealkylation sites (N-methyl/N-ethyl adjacent to an activating group) is 1. The van der Waals surface area contributed by atoms with E-state index < -0.39 is 5.60 Å². The van der Waals surface area contributed by atoms with Crippen LogP contribution in [-0.2, 0) is 6.54 Å². The van der Waals surface area contributed by atoms with Crippen LogP contribution in [0.1, 0.15) is 19.5 Å². The predicted octanol–water partition coefficient (Wildman–Crippen LogP) is 2.61. The van der Waals surface area contributed by atoms with Gasteiger partial charge in [0.25, 0.3) is 0 Å². The summed E-state index contributed by atoms with van der Waals surface area (Å²) in [5.41, 5.74) is 0.180. The van der Waals surface area contributed by atoms with Crippen molar-refractivity contribution < 1.29 is 9.63 Å². The van der Waals surface area contributed by atoms with E-state index in [2.05, 4.69) is 5.16 Å². The standard InChI is InChI=1S/C13H18N2O2S/c1-13(2,16)9-15(3)8-10-7-11(17-14-10)12-5-4-6-18-12/h4-7,16H,8-9H2,1-3H3. The van der Waals surface area contributed by atoms with Crippen molar-refractivity contribution in [1.29, 1.82) is 0 Å². The molecule has 98 valence electrons. The van der Waals surface area contributed by atoms with Crippen molar-refractivity contribution in [2.75, 3.05) is 13.6 Å². The molecule has 2 heterocycles. The Morgan fingerprint density at radius 2 is 2.28 bits per heavy atom. The molecule has 0 fully saturated rings. The van der Waals surface area contributed by atoms with Crippen LogP contribution in [0.4, 0.5) is 0 Å². The largest absolute Gasteiger partial charge is 0.389 e. The predicted molar refractivity (Wildman–Crippen MR) is 72.4 cm³/mol. The average Bonchev–Trinajstić information content (AvgIpc) is 2.82. The van der Waals surface area contributed by atoms with Gasteiger partial charge < -0.3 is 9.63 Å². The fourth-order valence-electron chi connectivity index (χ4n) is 1.91. The minimum absolute atomic E-state index is 0.591. The van der Waals surface area contributed by atoms with Crippen molar-refractivity contribution in [3.63, 3.8) is 0 Å². The van der Waals surface area contributed by atoms with E-state index in [1.165, 1.54) is 0 Å². The van der Waals surface area contributed by atoms with Crippen LogP contribution < -0.4 is 0 Å². The maximum atomic E-state index is 9.74. The average molecular weight is 266 g/mol. The topological polar surface area (TPSA) is 49.5 Å². The Bertz CT molecular complexity index is 485. The molecule has 0 atom stereocenters. The Morgan fingerprint density at radius 1 is 1.50 bits per heavy atom. The number of hydrogen-bond acceptors (Lipinski definition) is 5. The molecule has 0 aliphatic heterocycles. The van der Waals surface area contributed by atoms with Gasteiger partial charge in [0.05, 0.1) is 16.2 Å². The molecule has 0 aliphatic rings. The Labute approximate surface area is 111 Å². The first-order valence-corrected chi connectivity index (χ1v) is 6.72. The third kappa shape index (κ3) is 3.66. The van der Waals surface area contributed by atoms with Crippen LogP contribution in [0.15, 0.2) is 28.1 Å². The Balaban J connectivity index is 1.99. The molecule has 2 aromatic heterocycles. The molecular weight excluding hydrogens is 248 g/mol. The lowest BCUT2D eigenvalue weighted by Gasteiger charge is -2.24. The lowest BCUT2D eigenvalue weighted by Crippen LogP contribution is -2.35. The highest BCUT2D eigenvalue weighted by Crippen LogP contribution is 2.25. The maximum Gasteiger partial charge on any atom is 0.177 e. The Kier molecular flexibility index (Phi) is 3.85. The molecule has 0 saturated carbocycles. The maximum absolute atomic E-state index is 9.74. The quantitative estimate of drug-likeness (QED) is 0.903. The lowest BCUT2D eigenvalue weighted by atomic mass is 10.1. The summed E-state index contributed by atoms with van der Waals surface area (Å²) in [4.78, 5) is 3.11. The molecule has 0 aliphatic carbocycles. The molecule has 2 aromatic rings. The van der Waals surface area contributed by atoms with Gasteiger partial charge in [-0.3, -0.25) is 4.90 Å². The van der Waals surface area contributed by atoms with Crippen molar-refractivity contribution in [2.45, 2.75) is 26.0 Å². The molecule has 18 heavy (non-hydrogen) atoms. The third-order valence-corrected chi connectivity index (χ3v) is 3.30. The lowest BCUT2D eigenvalue weighted by molar-refractivity contribution is 0.0419. The van der Waals surface area contributed by atoms with Crippen LogP contribution in [0.2, 0.25) is 0 Å². The van der Waals surface area contributed by atoms with E-state index in [-0.39, 0.29) is 0 Å². The van der Waals surface area contributed by atoms with E-state index in [1.54, 1.807) is 25.2 Å². The minimum Gasteiger partial charge on any atom is -0.389 e. The summed E-state index contributed by atoms with van der Waals surface area (Å²) in [6, 6.07) is 5.95. The number of rotatable bonds is 5. The summed E-state index contributed by atoms with van der Waals surface area (Å²) in [5, 5.41) is 15.8. The highest BCUT2D eigenvalue weighted by Gasteiger charge is 2.17. The van der Waals surface area contributed by atoms with Crippen molar-refractivity contribution in [3.8, 4) is 10.6 Å². The first kappa shape index (κ1) is 13.3. The molecule has 5 heteroatoms. The zero-order valence-corrected chi connectivity index (χ0v) is 11.7. The number of aliphatic hydroxyl groups is 1. The van der Waals surface area contributed by atoms with Gasteiger partial charge in [0.1, 0.15) is 0 Å². The second kappa shape index (κ2) is 5.22. The van der Waals surface area contributed by atoms with Crippen LogP contribution in [0.5, 0.6) is 0 Å². The van der Waals surface area contributed by atoms with Crippen LogP contribution in [0, 0.1) is 0 Å². The SMILES string of the molecule is CN(Cc1cc(-c2cccs2)on1)CC(C)(C)O. The third-order valence-electron chi connectivity index (χ3n) is 2.41. The zero-order chi connectivity index (χ0) is 13.2. The molecule has 0 aromatic carbocycles. The summed E-state index contributed by atoms with van der Waals surface area (Å²) >= 11 is 1.63. The van der Waals surface area contributed by atoms with Gasteiger partial charge in [-0.1, -0.05) is 11.2 Å². The van der Waals surface area contributed by atoms with Gasteiger partial charge in [-0.2, -0.15) is 0 Å². The van der Waals surface area contributed by atoms with Crippen LogP contribution in [-0.4, -0.2) is 34.4 Å². The molecule has 1 N–H and O–H groups in total. The van der Waals surface area contributed by atoms with Gasteiger partial charge in [-0.15, -0.1) is 11.3 Å². The molecule has 0 amide bonds. The molecule has 0 radical (unpaired) electrons. The van der Waals surface area contributed by atoms with Gasteiger partial charge in [-0.05, 0) is 32.3 Å². The second-order valence-corrected chi connectivity index (χ2v) is 6.09. The van der Waals surface area contributed by atoms with Gasteiger partial charge in [-0.25, -0.2) is 0 Å². The summed E-state index contributed by atoms with van der Waals surface area (Å²) in [7, 11) is 1.96. The van der Waals surface area contributed by atoms with E-state index in [4.69, 9.17) is 4.52 Å². The Hall–Kier alpha value is -1.17. The normalized spacial score (nSPS) is 12.3. The van der Waals surface area contributed by atoms with Crippen LogP contribution >= 0.6 is 11.3 Å². The number of thiophene rings is 1. The smallest absolute Gasteiger partial charge is 0.177 e. The van der Waals surface area contributed by atoms with E-state index in [0.717, 1.165) is 16.3 Å². The molecular formula is C13H18N2O2S. The van der Waals surface area contributed by atoms with E-state index in [9.17, 15) is 5.11 Å². The monoisotopic (exact) mass is 266 g/mol.